The third-order valence-corrected chi connectivity index (χ3v) is 8.89. The van der Waals surface area contributed by atoms with Gasteiger partial charge < -0.3 is 31.3 Å². The molecule has 2 saturated carbocycles. The van der Waals surface area contributed by atoms with E-state index in [1.54, 1.807) is 25.7 Å². The Morgan fingerprint density at radius 3 is 2.32 bits per heavy atom. The van der Waals surface area contributed by atoms with Crippen LogP contribution in [0.5, 0.6) is 0 Å². The first-order valence-corrected chi connectivity index (χ1v) is 13.9. The van der Waals surface area contributed by atoms with Gasteiger partial charge in [-0.15, -0.1) is 0 Å². The van der Waals surface area contributed by atoms with Crippen LogP contribution in [0.15, 0.2) is 0 Å². The number of alkyl carbamates (subject to hydrolysis) is 1. The fourth-order valence-electron chi connectivity index (χ4n) is 6.40. The van der Waals surface area contributed by atoms with E-state index in [-0.39, 0.29) is 35.5 Å². The van der Waals surface area contributed by atoms with Gasteiger partial charge in [0.25, 0.3) is 0 Å². The highest BCUT2D eigenvalue weighted by atomic mass is 16.6. The molecule has 4 fully saturated rings. The third-order valence-electron chi connectivity index (χ3n) is 8.89. The molecule has 2 aliphatic heterocycles. The minimum Gasteiger partial charge on any atom is -0.444 e. The average Bonchev–Trinajstić information content (AvgIpc) is 3.13. The zero-order valence-electron chi connectivity index (χ0n) is 23.2. The van der Waals surface area contributed by atoms with Gasteiger partial charge in [-0.05, 0) is 63.2 Å². The van der Waals surface area contributed by atoms with Gasteiger partial charge in [0.05, 0.1) is 0 Å². The van der Waals surface area contributed by atoms with Crippen LogP contribution in [0, 0.1) is 29.1 Å². The minimum absolute atomic E-state index is 0.0689. The van der Waals surface area contributed by atoms with Crippen molar-refractivity contribution < 1.29 is 28.7 Å². The molecule has 0 bridgehead atoms. The first kappa shape index (κ1) is 28.2. The van der Waals surface area contributed by atoms with Gasteiger partial charge in [0.2, 0.25) is 23.6 Å². The molecule has 0 aromatic rings. The lowest BCUT2D eigenvalue weighted by molar-refractivity contribution is -0.143. The average molecular weight is 534 g/mol. The second kappa shape index (κ2) is 10.4. The van der Waals surface area contributed by atoms with Crippen molar-refractivity contribution in [1.29, 1.82) is 0 Å². The Balaban J connectivity index is 1.50. The van der Waals surface area contributed by atoms with E-state index >= 15 is 0 Å². The summed E-state index contributed by atoms with van der Waals surface area (Å²) in [5.74, 6) is -1.62. The van der Waals surface area contributed by atoms with Gasteiger partial charge in [0.1, 0.15) is 23.7 Å². The maximum absolute atomic E-state index is 13.9. The molecule has 0 aromatic heterocycles. The van der Waals surface area contributed by atoms with Crippen molar-refractivity contribution in [3.05, 3.63) is 0 Å². The van der Waals surface area contributed by atoms with Crippen molar-refractivity contribution in [1.82, 2.24) is 20.9 Å². The van der Waals surface area contributed by atoms with Crippen LogP contribution in [-0.4, -0.2) is 71.4 Å². The van der Waals surface area contributed by atoms with Crippen LogP contribution in [0.3, 0.4) is 0 Å². The Hall–Kier alpha value is -2.85. The number of nitrogens with two attached hydrogens (primary N) is 1. The van der Waals surface area contributed by atoms with E-state index < -0.39 is 47.6 Å². The van der Waals surface area contributed by atoms with Crippen molar-refractivity contribution in [2.45, 2.75) is 96.9 Å². The molecule has 0 aromatic carbocycles. The van der Waals surface area contributed by atoms with Crippen LogP contribution in [0.25, 0.3) is 0 Å². The number of nitrogens with zero attached hydrogens (tertiary/aromatic N) is 1. The van der Waals surface area contributed by atoms with Crippen molar-refractivity contribution >= 4 is 29.7 Å². The molecule has 2 heterocycles. The van der Waals surface area contributed by atoms with Crippen molar-refractivity contribution in [3.8, 4) is 0 Å². The van der Waals surface area contributed by atoms with Crippen LogP contribution in [0.2, 0.25) is 0 Å². The Labute approximate surface area is 224 Å². The second-order valence-electron chi connectivity index (χ2n) is 13.1. The van der Waals surface area contributed by atoms with E-state index in [1.165, 1.54) is 0 Å². The zero-order valence-corrected chi connectivity index (χ0v) is 23.2. The van der Waals surface area contributed by atoms with E-state index in [0.717, 1.165) is 19.3 Å². The predicted octanol–water partition coefficient (Wildman–Crippen LogP) is 1.05. The van der Waals surface area contributed by atoms with Gasteiger partial charge >= 0.3 is 6.09 Å². The summed E-state index contributed by atoms with van der Waals surface area (Å²) in [7, 11) is 0. The van der Waals surface area contributed by atoms with Crippen LogP contribution >= 0.6 is 0 Å². The SMILES string of the molecule is CC(C)(C)OC(=O)NC(CC1CCC1)C(=O)N1C[C@H]2[C@@H]([C@H]1C(=O)N[C@@H](CC1CCNC1=O)C(N)=O)C2(C)C. The normalized spacial score (nSPS) is 29.4. The predicted molar refractivity (Wildman–Crippen MR) is 138 cm³/mol. The number of fused-ring (bicyclic) bond motifs is 1. The second-order valence-corrected chi connectivity index (χ2v) is 13.1. The van der Waals surface area contributed by atoms with Gasteiger partial charge in [0.15, 0.2) is 0 Å². The quantitative estimate of drug-likeness (QED) is 0.347. The molecule has 5 amide bonds. The fourth-order valence-corrected chi connectivity index (χ4v) is 6.40. The molecule has 5 N–H and O–H groups in total. The number of hydrogen-bond acceptors (Lipinski definition) is 6. The smallest absolute Gasteiger partial charge is 0.408 e. The lowest BCUT2D eigenvalue weighted by Crippen LogP contribution is -2.58. The van der Waals surface area contributed by atoms with E-state index in [9.17, 15) is 24.0 Å². The Bertz CT molecular complexity index is 987. The summed E-state index contributed by atoms with van der Waals surface area (Å²) in [4.78, 5) is 66.0. The number of rotatable bonds is 9. The lowest BCUT2D eigenvalue weighted by Gasteiger charge is -2.36. The van der Waals surface area contributed by atoms with E-state index in [2.05, 4.69) is 29.8 Å². The van der Waals surface area contributed by atoms with Gasteiger partial charge in [-0.2, -0.15) is 0 Å². The standard InChI is InChI=1S/C27H43N5O6/c1-26(2,3)38-25(37)31-18(11-14-7-6-8-14)24(36)32-13-16-19(27(16,4)5)20(32)23(35)30-17(21(28)33)12-15-9-10-29-22(15)34/h14-20H,6-13H2,1-5H3,(H2,28,33)(H,29,34)(H,30,35)(H,31,37)/t15?,16-,17-,18?,19-,20-/m0/s1. The van der Waals surface area contributed by atoms with Gasteiger partial charge in [-0.1, -0.05) is 33.1 Å². The van der Waals surface area contributed by atoms with Crippen molar-refractivity contribution in [2.75, 3.05) is 13.1 Å². The summed E-state index contributed by atoms with van der Waals surface area (Å²) >= 11 is 0. The molecule has 4 rings (SSSR count). The number of carbonyl (C=O) groups excluding carboxylic acids is 5. The summed E-state index contributed by atoms with van der Waals surface area (Å²) in [5.41, 5.74) is 4.76. The van der Waals surface area contributed by atoms with Gasteiger partial charge in [0, 0.05) is 19.0 Å². The van der Waals surface area contributed by atoms with Crippen LogP contribution in [0.4, 0.5) is 4.79 Å². The van der Waals surface area contributed by atoms with E-state index in [1.807, 2.05) is 0 Å². The maximum atomic E-state index is 13.9. The molecule has 11 heteroatoms. The molecule has 2 saturated heterocycles. The number of piperidine rings is 1. The number of ether oxygens (including phenoxy) is 1. The number of nitrogens with one attached hydrogen (secondary N) is 3. The first-order chi connectivity index (χ1) is 17.7. The number of carbonyl (C=O) groups is 5. The molecule has 0 radical (unpaired) electrons. The van der Waals surface area contributed by atoms with Crippen molar-refractivity contribution in [3.63, 3.8) is 0 Å². The summed E-state index contributed by atoms with van der Waals surface area (Å²) in [6.45, 7) is 10.4. The van der Waals surface area contributed by atoms with Crippen molar-refractivity contribution in [2.24, 2.45) is 34.8 Å². The summed E-state index contributed by atoms with van der Waals surface area (Å²) in [6, 6.07) is -2.61. The maximum Gasteiger partial charge on any atom is 0.408 e. The number of hydrogen-bond donors (Lipinski definition) is 4. The Morgan fingerprint density at radius 1 is 1.11 bits per heavy atom. The highest BCUT2D eigenvalue weighted by Crippen LogP contribution is 2.65. The summed E-state index contributed by atoms with van der Waals surface area (Å²) < 4.78 is 5.42. The topological polar surface area (TPSA) is 160 Å². The van der Waals surface area contributed by atoms with E-state index in [0.29, 0.717) is 31.8 Å². The molecule has 212 valence electrons. The number of primary amides is 1. The molecule has 2 aliphatic carbocycles. The fraction of sp³-hybridized carbons (Fsp3) is 0.815. The highest BCUT2D eigenvalue weighted by Gasteiger charge is 2.69. The van der Waals surface area contributed by atoms with Crippen LogP contribution in [-0.2, 0) is 23.9 Å². The first-order valence-electron chi connectivity index (χ1n) is 13.9. The Kier molecular flexibility index (Phi) is 7.69. The molecule has 38 heavy (non-hydrogen) atoms. The van der Waals surface area contributed by atoms with Crippen LogP contribution in [0.1, 0.15) is 73.1 Å². The largest absolute Gasteiger partial charge is 0.444 e. The number of likely N-dealkylation sites (tertiary alicyclic amines) is 1. The summed E-state index contributed by atoms with van der Waals surface area (Å²) in [5, 5.41) is 8.26. The zero-order chi connectivity index (χ0) is 28.0. The van der Waals surface area contributed by atoms with Gasteiger partial charge in [-0.3, -0.25) is 19.2 Å². The molecule has 6 atom stereocenters. The van der Waals surface area contributed by atoms with Crippen LogP contribution < -0.4 is 21.7 Å². The highest BCUT2D eigenvalue weighted by molar-refractivity contribution is 5.95. The molecule has 11 nitrogen and oxygen atoms in total. The molecule has 2 unspecified atom stereocenters. The molecular formula is C27H43N5O6. The molecule has 4 aliphatic rings. The van der Waals surface area contributed by atoms with Gasteiger partial charge in [-0.25, -0.2) is 4.79 Å². The van der Waals surface area contributed by atoms with E-state index in [4.69, 9.17) is 10.5 Å². The Morgan fingerprint density at radius 2 is 1.79 bits per heavy atom. The molecular weight excluding hydrogens is 490 g/mol. The third kappa shape index (κ3) is 5.91. The summed E-state index contributed by atoms with van der Waals surface area (Å²) in [6.07, 6.45) is 3.61. The number of amides is 5. The monoisotopic (exact) mass is 533 g/mol. The molecule has 0 spiro atoms. The lowest BCUT2D eigenvalue weighted by atomic mass is 9.80. The minimum atomic E-state index is -1.01.